The van der Waals surface area contributed by atoms with E-state index in [1.807, 2.05) is 12.1 Å². The van der Waals surface area contributed by atoms with Gasteiger partial charge in [-0.25, -0.2) is 5.43 Å². The topological polar surface area (TPSA) is 70.9 Å². The fourth-order valence-electron chi connectivity index (χ4n) is 2.11. The first-order valence-corrected chi connectivity index (χ1v) is 7.62. The number of carbonyl (C=O) groups excluding carboxylic acids is 1. The largest absolute Gasteiger partial charge is 0.507 e. The van der Waals surface area contributed by atoms with Gasteiger partial charge in [-0.3, -0.25) is 4.79 Å². The minimum absolute atomic E-state index is 0.0295. The molecule has 0 saturated carbocycles. The molecule has 0 bridgehead atoms. The number of methoxy groups -OCH3 is 1. The molecule has 0 aliphatic heterocycles. The Hall–Kier alpha value is -2.82. The monoisotopic (exact) mass is 326 g/mol. The van der Waals surface area contributed by atoms with Gasteiger partial charge in [0.15, 0.2) is 0 Å². The van der Waals surface area contributed by atoms with Crippen LogP contribution in [-0.4, -0.2) is 24.3 Å². The van der Waals surface area contributed by atoms with Crippen LogP contribution in [0.3, 0.4) is 0 Å². The summed E-state index contributed by atoms with van der Waals surface area (Å²) in [4.78, 5) is 12.1. The van der Waals surface area contributed by atoms with Crippen molar-refractivity contribution in [3.05, 3.63) is 59.2 Å². The fourth-order valence-corrected chi connectivity index (χ4v) is 2.11. The van der Waals surface area contributed by atoms with Crippen LogP contribution in [0.5, 0.6) is 11.5 Å². The number of hydrogen-bond acceptors (Lipinski definition) is 4. The molecule has 1 amide bonds. The van der Waals surface area contributed by atoms with Crippen LogP contribution in [0.15, 0.2) is 47.6 Å². The van der Waals surface area contributed by atoms with Crippen LogP contribution in [0.1, 0.15) is 42.3 Å². The van der Waals surface area contributed by atoms with Crippen molar-refractivity contribution in [2.75, 3.05) is 7.11 Å². The van der Waals surface area contributed by atoms with Crippen molar-refractivity contribution in [3.8, 4) is 11.5 Å². The number of carbonyl (C=O) groups is 1. The molecule has 0 radical (unpaired) electrons. The van der Waals surface area contributed by atoms with Gasteiger partial charge < -0.3 is 9.84 Å². The molecule has 0 aliphatic carbocycles. The summed E-state index contributed by atoms with van der Waals surface area (Å²) in [7, 11) is 1.52. The number of amides is 1. The van der Waals surface area contributed by atoms with Crippen LogP contribution < -0.4 is 10.2 Å². The third kappa shape index (κ3) is 4.35. The van der Waals surface area contributed by atoms with E-state index in [4.69, 9.17) is 4.74 Å². The number of benzene rings is 2. The first-order chi connectivity index (χ1) is 11.3. The summed E-state index contributed by atoms with van der Waals surface area (Å²) in [5.74, 6) is 0.272. The maximum Gasteiger partial charge on any atom is 0.271 e. The van der Waals surface area contributed by atoms with E-state index < -0.39 is 0 Å². The summed E-state index contributed by atoms with van der Waals surface area (Å²) in [6.07, 6.45) is 1.39. The van der Waals surface area contributed by atoms with Gasteiger partial charge in [0.25, 0.3) is 5.91 Å². The highest BCUT2D eigenvalue weighted by Gasteiger charge is 2.14. The number of phenols is 1. The maximum absolute atomic E-state index is 12.1. The lowest BCUT2D eigenvalue weighted by Gasteiger charge is -2.18. The van der Waals surface area contributed by atoms with Crippen molar-refractivity contribution in [2.45, 2.75) is 26.2 Å². The predicted molar refractivity (Wildman–Crippen MR) is 94.9 cm³/mol. The molecule has 2 rings (SSSR count). The molecule has 2 aromatic carbocycles. The van der Waals surface area contributed by atoms with Crippen LogP contribution in [0.2, 0.25) is 0 Å². The van der Waals surface area contributed by atoms with Gasteiger partial charge in [0.05, 0.1) is 13.3 Å². The zero-order valence-corrected chi connectivity index (χ0v) is 14.3. The highest BCUT2D eigenvalue weighted by Crippen LogP contribution is 2.23. The normalized spacial score (nSPS) is 11.5. The van der Waals surface area contributed by atoms with Crippen molar-refractivity contribution < 1.29 is 14.6 Å². The van der Waals surface area contributed by atoms with Gasteiger partial charge in [-0.05, 0) is 35.2 Å². The Bertz CT molecular complexity index is 744. The third-order valence-corrected chi connectivity index (χ3v) is 3.62. The van der Waals surface area contributed by atoms with Crippen LogP contribution >= 0.6 is 0 Å². The zero-order valence-electron chi connectivity index (χ0n) is 14.3. The predicted octanol–water partition coefficient (Wildman–Crippen LogP) is 3.46. The quantitative estimate of drug-likeness (QED) is 0.667. The first-order valence-electron chi connectivity index (χ1n) is 7.62. The van der Waals surface area contributed by atoms with E-state index in [1.165, 1.54) is 19.4 Å². The third-order valence-electron chi connectivity index (χ3n) is 3.62. The Morgan fingerprint density at radius 2 is 1.83 bits per heavy atom. The Kier molecular flexibility index (Phi) is 5.24. The van der Waals surface area contributed by atoms with E-state index in [0.29, 0.717) is 16.9 Å². The van der Waals surface area contributed by atoms with E-state index in [2.05, 4.69) is 31.3 Å². The average Bonchev–Trinajstić information content (AvgIpc) is 2.55. The Balaban J connectivity index is 2.02. The maximum atomic E-state index is 12.1. The molecular formula is C19H22N2O3. The molecule has 0 spiro atoms. The van der Waals surface area contributed by atoms with Gasteiger partial charge in [0.2, 0.25) is 0 Å². The van der Waals surface area contributed by atoms with E-state index in [9.17, 15) is 9.90 Å². The van der Waals surface area contributed by atoms with Crippen molar-refractivity contribution in [3.63, 3.8) is 0 Å². The summed E-state index contributed by atoms with van der Waals surface area (Å²) < 4.78 is 5.01. The molecule has 24 heavy (non-hydrogen) atoms. The number of rotatable bonds is 4. The second-order valence-electron chi connectivity index (χ2n) is 6.45. The number of ether oxygens (including phenoxy) is 1. The van der Waals surface area contributed by atoms with Crippen molar-refractivity contribution in [1.82, 2.24) is 5.43 Å². The molecule has 126 valence electrons. The summed E-state index contributed by atoms with van der Waals surface area (Å²) >= 11 is 0. The lowest BCUT2D eigenvalue weighted by molar-refractivity contribution is 0.0955. The minimum atomic E-state index is -0.306. The van der Waals surface area contributed by atoms with Gasteiger partial charge in [0.1, 0.15) is 11.5 Å². The van der Waals surface area contributed by atoms with Crippen molar-refractivity contribution >= 4 is 12.1 Å². The van der Waals surface area contributed by atoms with E-state index in [1.54, 1.807) is 24.3 Å². The highest BCUT2D eigenvalue weighted by atomic mass is 16.5. The summed E-state index contributed by atoms with van der Waals surface area (Å²) in [6, 6.07) is 12.3. The molecule has 0 fully saturated rings. The smallest absolute Gasteiger partial charge is 0.271 e. The number of nitrogens with zero attached hydrogens (tertiary/aromatic N) is 1. The Labute approximate surface area is 142 Å². The van der Waals surface area contributed by atoms with Gasteiger partial charge >= 0.3 is 0 Å². The molecule has 0 aromatic heterocycles. The van der Waals surface area contributed by atoms with Crippen molar-refractivity contribution in [2.24, 2.45) is 5.10 Å². The second-order valence-corrected chi connectivity index (χ2v) is 6.45. The van der Waals surface area contributed by atoms with Gasteiger partial charge in [-0.2, -0.15) is 5.10 Å². The molecule has 5 heteroatoms. The van der Waals surface area contributed by atoms with Crippen molar-refractivity contribution in [1.29, 1.82) is 0 Å². The molecular weight excluding hydrogens is 304 g/mol. The zero-order chi connectivity index (χ0) is 17.7. The molecule has 2 N–H and O–H groups in total. The van der Waals surface area contributed by atoms with E-state index >= 15 is 0 Å². The molecule has 0 saturated heterocycles. The molecule has 5 nitrogen and oxygen atoms in total. The number of hydrogen-bond donors (Lipinski definition) is 2. The molecule has 0 atom stereocenters. The minimum Gasteiger partial charge on any atom is -0.507 e. The lowest BCUT2D eigenvalue weighted by Crippen LogP contribution is -2.18. The molecule has 0 aliphatic rings. The summed E-state index contributed by atoms with van der Waals surface area (Å²) in [5.41, 5.74) is 4.66. The number of hydrazone groups is 1. The van der Waals surface area contributed by atoms with Gasteiger partial charge in [-0.15, -0.1) is 0 Å². The van der Waals surface area contributed by atoms with Gasteiger partial charge in [-0.1, -0.05) is 32.9 Å². The molecule has 0 unspecified atom stereocenters. The lowest BCUT2D eigenvalue weighted by atomic mass is 9.87. The van der Waals surface area contributed by atoms with Crippen LogP contribution in [0.25, 0.3) is 0 Å². The molecule has 0 heterocycles. The Morgan fingerprint density at radius 1 is 1.17 bits per heavy atom. The number of aromatic hydroxyl groups is 1. The fraction of sp³-hybridized carbons (Fsp3) is 0.263. The first kappa shape index (κ1) is 17.5. The SMILES string of the molecule is COc1ccc(/C=N/NC(=O)c2ccc(C(C)(C)C)cc2)c(O)c1. The number of nitrogens with one attached hydrogen (secondary N) is 1. The molecule has 2 aromatic rings. The summed E-state index contributed by atoms with van der Waals surface area (Å²) in [5, 5.41) is 13.7. The van der Waals surface area contributed by atoms with E-state index in [-0.39, 0.29) is 17.1 Å². The highest BCUT2D eigenvalue weighted by molar-refractivity contribution is 5.95. The Morgan fingerprint density at radius 3 is 2.38 bits per heavy atom. The van der Waals surface area contributed by atoms with Crippen LogP contribution in [0, 0.1) is 0 Å². The van der Waals surface area contributed by atoms with Crippen LogP contribution in [-0.2, 0) is 5.41 Å². The van der Waals surface area contributed by atoms with E-state index in [0.717, 1.165) is 5.56 Å². The van der Waals surface area contributed by atoms with Crippen LogP contribution in [0.4, 0.5) is 0 Å². The summed E-state index contributed by atoms with van der Waals surface area (Å²) in [6.45, 7) is 6.36. The average molecular weight is 326 g/mol. The second kappa shape index (κ2) is 7.17. The van der Waals surface area contributed by atoms with Gasteiger partial charge in [0, 0.05) is 17.2 Å². The number of phenolic OH excluding ortho intramolecular Hbond substituents is 1. The standard InChI is InChI=1S/C19H22N2O3/c1-19(2,3)15-8-5-13(6-9-15)18(23)21-20-12-14-7-10-16(24-4)11-17(14)22/h5-12,22H,1-4H3,(H,21,23)/b20-12+.